The van der Waals surface area contributed by atoms with Crippen LogP contribution in [-0.2, 0) is 9.59 Å². The molecule has 4 nitrogen and oxygen atoms in total. The second-order valence-corrected chi connectivity index (χ2v) is 4.12. The number of benzene rings is 1. The predicted octanol–water partition coefficient (Wildman–Crippen LogP) is 2.01. The molecule has 0 aliphatic rings. The zero-order valence-corrected chi connectivity index (χ0v) is 10.2. The largest absolute Gasteiger partial charge is 0.369 e. The Hall–Kier alpha value is -1.84. The first-order chi connectivity index (χ1) is 8.02. The fourth-order valence-corrected chi connectivity index (χ4v) is 1.49. The van der Waals surface area contributed by atoms with Gasteiger partial charge in [0.15, 0.2) is 0 Å². The van der Waals surface area contributed by atoms with Crippen LogP contribution in [0.2, 0.25) is 0 Å². The summed E-state index contributed by atoms with van der Waals surface area (Å²) in [4.78, 5) is 21.8. The highest BCUT2D eigenvalue weighted by Gasteiger charge is 2.07. The maximum absolute atomic E-state index is 11.3. The van der Waals surface area contributed by atoms with Gasteiger partial charge in [-0.25, -0.2) is 0 Å². The van der Waals surface area contributed by atoms with E-state index in [0.717, 1.165) is 6.42 Å². The van der Waals surface area contributed by atoms with Gasteiger partial charge in [-0.3, -0.25) is 9.59 Å². The Morgan fingerprint density at radius 1 is 1.29 bits per heavy atom. The molecule has 1 rings (SSSR count). The molecule has 17 heavy (non-hydrogen) atoms. The van der Waals surface area contributed by atoms with Crippen LogP contribution in [0.3, 0.4) is 0 Å². The van der Waals surface area contributed by atoms with Crippen LogP contribution >= 0.6 is 0 Å². The monoisotopic (exact) mass is 234 g/mol. The predicted molar refractivity (Wildman–Crippen MR) is 67.6 cm³/mol. The first-order valence-electron chi connectivity index (χ1n) is 5.71. The summed E-state index contributed by atoms with van der Waals surface area (Å²) < 4.78 is 0. The fraction of sp³-hybridized carbons (Fsp3) is 0.385. The van der Waals surface area contributed by atoms with Gasteiger partial charge in [-0.05, 0) is 30.0 Å². The van der Waals surface area contributed by atoms with Crippen LogP contribution in [0.15, 0.2) is 24.3 Å². The number of primary amides is 1. The van der Waals surface area contributed by atoms with Gasteiger partial charge in [0, 0.05) is 5.69 Å². The highest BCUT2D eigenvalue weighted by atomic mass is 16.2. The molecule has 1 atom stereocenters. The molecule has 4 heteroatoms. The molecule has 0 aromatic heterocycles. The number of carbonyl (C=O) groups excluding carboxylic acids is 2. The molecular formula is C13H18N2O2. The van der Waals surface area contributed by atoms with Gasteiger partial charge < -0.3 is 11.1 Å². The molecule has 0 spiro atoms. The van der Waals surface area contributed by atoms with Crippen molar-refractivity contribution in [3.63, 3.8) is 0 Å². The Morgan fingerprint density at radius 3 is 2.35 bits per heavy atom. The standard InChI is InChI=1S/C13H18N2O2/c1-3-9(2)10-4-6-11(7-5-10)15-13(17)8-12(14)16/h4-7,9H,3,8H2,1-2H3,(H2,14,16)(H,15,17). The molecule has 0 bridgehead atoms. The number of hydrogen-bond donors (Lipinski definition) is 2. The van der Waals surface area contributed by atoms with Crippen molar-refractivity contribution in [2.45, 2.75) is 32.6 Å². The Labute approximate surface area is 101 Å². The minimum Gasteiger partial charge on any atom is -0.369 e. The molecule has 0 radical (unpaired) electrons. The highest BCUT2D eigenvalue weighted by Crippen LogP contribution is 2.20. The lowest BCUT2D eigenvalue weighted by Crippen LogP contribution is -2.21. The van der Waals surface area contributed by atoms with Crippen molar-refractivity contribution in [2.75, 3.05) is 5.32 Å². The minimum absolute atomic E-state index is 0.285. The summed E-state index contributed by atoms with van der Waals surface area (Å²) in [5, 5.41) is 2.62. The van der Waals surface area contributed by atoms with E-state index in [2.05, 4.69) is 19.2 Å². The lowest BCUT2D eigenvalue weighted by atomic mass is 9.99. The highest BCUT2D eigenvalue weighted by molar-refractivity contribution is 6.03. The molecule has 1 aromatic carbocycles. The molecule has 0 saturated heterocycles. The maximum Gasteiger partial charge on any atom is 0.233 e. The molecule has 3 N–H and O–H groups in total. The molecule has 0 aliphatic heterocycles. The number of amides is 2. The molecule has 0 heterocycles. The lowest BCUT2D eigenvalue weighted by Gasteiger charge is -2.10. The maximum atomic E-state index is 11.3. The number of hydrogen-bond acceptors (Lipinski definition) is 2. The molecule has 92 valence electrons. The third kappa shape index (κ3) is 4.26. The summed E-state index contributed by atoms with van der Waals surface area (Å²) in [5.74, 6) is -0.502. The second-order valence-electron chi connectivity index (χ2n) is 4.12. The van der Waals surface area contributed by atoms with Crippen LogP contribution in [0.4, 0.5) is 5.69 Å². The van der Waals surface area contributed by atoms with Crippen LogP contribution in [0, 0.1) is 0 Å². The van der Waals surface area contributed by atoms with Gasteiger partial charge >= 0.3 is 0 Å². The Morgan fingerprint density at radius 2 is 1.88 bits per heavy atom. The average molecular weight is 234 g/mol. The van der Waals surface area contributed by atoms with Crippen molar-refractivity contribution in [1.82, 2.24) is 0 Å². The average Bonchev–Trinajstić information content (AvgIpc) is 2.28. The van der Waals surface area contributed by atoms with Gasteiger partial charge in [0.25, 0.3) is 0 Å². The van der Waals surface area contributed by atoms with Crippen LogP contribution in [0.1, 0.15) is 38.2 Å². The molecular weight excluding hydrogens is 216 g/mol. The van der Waals surface area contributed by atoms with Crippen molar-refractivity contribution in [3.8, 4) is 0 Å². The van der Waals surface area contributed by atoms with Crippen LogP contribution in [0.5, 0.6) is 0 Å². The summed E-state index contributed by atoms with van der Waals surface area (Å²) in [6, 6.07) is 7.63. The normalized spacial score (nSPS) is 11.9. The smallest absolute Gasteiger partial charge is 0.233 e. The Kier molecular flexibility index (Phi) is 4.69. The Balaban J connectivity index is 2.62. The number of rotatable bonds is 5. The van der Waals surface area contributed by atoms with E-state index in [4.69, 9.17) is 5.73 Å². The van der Waals surface area contributed by atoms with Gasteiger partial charge in [0.05, 0.1) is 0 Å². The second kappa shape index (κ2) is 6.03. The first-order valence-corrected chi connectivity index (χ1v) is 5.71. The zero-order chi connectivity index (χ0) is 12.8. The van der Waals surface area contributed by atoms with Crippen LogP contribution < -0.4 is 11.1 Å². The van der Waals surface area contributed by atoms with Crippen molar-refractivity contribution in [1.29, 1.82) is 0 Å². The van der Waals surface area contributed by atoms with Crippen LogP contribution in [0.25, 0.3) is 0 Å². The lowest BCUT2D eigenvalue weighted by molar-refractivity contribution is -0.124. The van der Waals surface area contributed by atoms with Crippen molar-refractivity contribution >= 4 is 17.5 Å². The van der Waals surface area contributed by atoms with Crippen LogP contribution in [-0.4, -0.2) is 11.8 Å². The van der Waals surface area contributed by atoms with E-state index in [0.29, 0.717) is 11.6 Å². The zero-order valence-electron chi connectivity index (χ0n) is 10.2. The summed E-state index contributed by atoms with van der Waals surface area (Å²) in [6.45, 7) is 4.29. The minimum atomic E-state index is -0.626. The number of anilines is 1. The molecule has 0 saturated carbocycles. The quantitative estimate of drug-likeness (QED) is 0.765. The van der Waals surface area contributed by atoms with Gasteiger partial charge in [0.1, 0.15) is 6.42 Å². The Bertz CT molecular complexity index is 398. The summed E-state index contributed by atoms with van der Waals surface area (Å²) in [6.07, 6.45) is 0.792. The number of carbonyl (C=O) groups is 2. The van der Waals surface area contributed by atoms with Crippen molar-refractivity contribution < 1.29 is 9.59 Å². The SMILES string of the molecule is CCC(C)c1ccc(NC(=O)CC(N)=O)cc1. The summed E-state index contributed by atoms with van der Waals surface area (Å²) in [5.41, 5.74) is 6.85. The number of nitrogens with two attached hydrogens (primary N) is 1. The van der Waals surface area contributed by atoms with E-state index in [9.17, 15) is 9.59 Å². The van der Waals surface area contributed by atoms with Gasteiger partial charge in [-0.15, -0.1) is 0 Å². The first kappa shape index (κ1) is 13.2. The third-order valence-electron chi connectivity index (χ3n) is 2.71. The van der Waals surface area contributed by atoms with E-state index < -0.39 is 5.91 Å². The number of nitrogens with one attached hydrogen (secondary N) is 1. The van der Waals surface area contributed by atoms with E-state index in [1.54, 1.807) is 0 Å². The molecule has 0 aliphatic carbocycles. The fourth-order valence-electron chi connectivity index (χ4n) is 1.49. The van der Waals surface area contributed by atoms with Gasteiger partial charge in [0.2, 0.25) is 11.8 Å². The van der Waals surface area contributed by atoms with E-state index in [-0.39, 0.29) is 12.3 Å². The summed E-state index contributed by atoms with van der Waals surface area (Å²) >= 11 is 0. The van der Waals surface area contributed by atoms with Crippen molar-refractivity contribution in [2.24, 2.45) is 5.73 Å². The van der Waals surface area contributed by atoms with E-state index in [1.165, 1.54) is 5.56 Å². The van der Waals surface area contributed by atoms with Gasteiger partial charge in [-0.1, -0.05) is 26.0 Å². The molecule has 0 fully saturated rings. The topological polar surface area (TPSA) is 72.2 Å². The molecule has 2 amide bonds. The van der Waals surface area contributed by atoms with E-state index >= 15 is 0 Å². The van der Waals surface area contributed by atoms with Crippen molar-refractivity contribution in [3.05, 3.63) is 29.8 Å². The summed E-state index contributed by atoms with van der Waals surface area (Å²) in [7, 11) is 0. The van der Waals surface area contributed by atoms with E-state index in [1.807, 2.05) is 24.3 Å². The third-order valence-corrected chi connectivity index (χ3v) is 2.71. The van der Waals surface area contributed by atoms with Gasteiger partial charge in [-0.2, -0.15) is 0 Å². The molecule has 1 unspecified atom stereocenters. The molecule has 1 aromatic rings.